The van der Waals surface area contributed by atoms with Gasteiger partial charge in [0.05, 0.1) is 6.61 Å². The van der Waals surface area contributed by atoms with E-state index in [-0.39, 0.29) is 0 Å². The Morgan fingerprint density at radius 1 is 1.60 bits per heavy atom. The van der Waals surface area contributed by atoms with E-state index >= 15 is 0 Å². The molecule has 1 unspecified atom stereocenters. The van der Waals surface area contributed by atoms with Gasteiger partial charge in [-0.15, -0.1) is 0 Å². The minimum absolute atomic E-state index is 0.370. The lowest BCUT2D eigenvalue weighted by atomic mass is 10.1. The van der Waals surface area contributed by atoms with Gasteiger partial charge in [-0.25, -0.2) is 0 Å². The first-order chi connectivity index (χ1) is 4.63. The van der Waals surface area contributed by atoms with Gasteiger partial charge >= 0.3 is 0 Å². The number of ether oxygens (including phenoxy) is 1. The lowest BCUT2D eigenvalue weighted by Crippen LogP contribution is -2.36. The van der Waals surface area contributed by atoms with Crippen molar-refractivity contribution in [2.75, 3.05) is 13.7 Å². The molecule has 0 spiro atoms. The number of nitrogens with zero attached hydrogens (tertiary/aromatic N) is 1. The standard InChI is InChI=1S/C7H15NO2/c1-5(2)6-4-10-7(9)8(6)3/h5-7,9H,4H2,1-3H3/t6-,7?/m0/s1. The van der Waals surface area contributed by atoms with Crippen LogP contribution >= 0.6 is 0 Å². The molecular weight excluding hydrogens is 130 g/mol. The summed E-state index contributed by atoms with van der Waals surface area (Å²) in [5.74, 6) is 0.544. The van der Waals surface area contributed by atoms with Crippen LogP contribution in [0.5, 0.6) is 0 Å². The molecule has 0 amide bonds. The maximum absolute atomic E-state index is 9.12. The molecule has 0 saturated carbocycles. The van der Waals surface area contributed by atoms with Crippen molar-refractivity contribution >= 4 is 0 Å². The van der Waals surface area contributed by atoms with Gasteiger partial charge in [0, 0.05) is 6.04 Å². The van der Waals surface area contributed by atoms with Crippen LogP contribution in [-0.2, 0) is 4.74 Å². The first-order valence-corrected chi connectivity index (χ1v) is 3.64. The monoisotopic (exact) mass is 145 g/mol. The summed E-state index contributed by atoms with van der Waals surface area (Å²) < 4.78 is 5.02. The number of likely N-dealkylation sites (N-methyl/N-ethyl adjacent to an activating group) is 1. The van der Waals surface area contributed by atoms with Crippen molar-refractivity contribution in [3.05, 3.63) is 0 Å². The molecule has 3 nitrogen and oxygen atoms in total. The van der Waals surface area contributed by atoms with Crippen LogP contribution in [0.3, 0.4) is 0 Å². The molecular formula is C7H15NO2. The fraction of sp³-hybridized carbons (Fsp3) is 1.00. The van der Waals surface area contributed by atoms with Gasteiger partial charge < -0.3 is 9.84 Å². The average Bonchev–Trinajstić information content (AvgIpc) is 2.14. The predicted octanol–water partition coefficient (Wildman–Crippen LogP) is 0.249. The SMILES string of the molecule is CC(C)[C@@H]1COC(O)N1C. The zero-order valence-corrected chi connectivity index (χ0v) is 6.74. The van der Waals surface area contributed by atoms with E-state index in [4.69, 9.17) is 9.84 Å². The molecule has 10 heavy (non-hydrogen) atoms. The topological polar surface area (TPSA) is 32.7 Å². The van der Waals surface area contributed by atoms with Crippen LogP contribution in [0.4, 0.5) is 0 Å². The van der Waals surface area contributed by atoms with Crippen molar-refractivity contribution in [2.24, 2.45) is 5.92 Å². The molecule has 1 heterocycles. The summed E-state index contributed by atoms with van der Waals surface area (Å²) >= 11 is 0. The Kier molecular flexibility index (Phi) is 2.28. The molecule has 0 aromatic heterocycles. The molecule has 3 heteroatoms. The molecule has 0 aromatic rings. The summed E-state index contributed by atoms with van der Waals surface area (Å²) in [6.07, 6.45) is -0.688. The van der Waals surface area contributed by atoms with Crippen LogP contribution in [0.25, 0.3) is 0 Å². The molecule has 1 rings (SSSR count). The molecule has 1 fully saturated rings. The fourth-order valence-electron chi connectivity index (χ4n) is 1.25. The lowest BCUT2D eigenvalue weighted by molar-refractivity contribution is -0.128. The number of hydrogen-bond acceptors (Lipinski definition) is 3. The second-order valence-corrected chi connectivity index (χ2v) is 3.14. The third-order valence-corrected chi connectivity index (χ3v) is 2.06. The summed E-state index contributed by atoms with van der Waals surface area (Å²) in [5, 5.41) is 9.12. The summed E-state index contributed by atoms with van der Waals surface area (Å²) in [7, 11) is 1.88. The van der Waals surface area contributed by atoms with E-state index < -0.39 is 6.41 Å². The molecule has 1 N–H and O–H groups in total. The molecule has 1 aliphatic rings. The third-order valence-electron chi connectivity index (χ3n) is 2.06. The number of aliphatic hydroxyl groups is 1. The molecule has 2 atom stereocenters. The second kappa shape index (κ2) is 2.86. The highest BCUT2D eigenvalue weighted by atomic mass is 16.6. The van der Waals surface area contributed by atoms with Gasteiger partial charge in [0.2, 0.25) is 6.41 Å². The first-order valence-electron chi connectivity index (χ1n) is 3.64. The smallest absolute Gasteiger partial charge is 0.216 e. The molecule has 1 saturated heterocycles. The zero-order valence-electron chi connectivity index (χ0n) is 6.74. The highest BCUT2D eigenvalue weighted by Crippen LogP contribution is 2.18. The average molecular weight is 145 g/mol. The van der Waals surface area contributed by atoms with Gasteiger partial charge in [-0.3, -0.25) is 4.90 Å². The summed E-state index contributed by atoms with van der Waals surface area (Å²) in [4.78, 5) is 1.85. The van der Waals surface area contributed by atoms with E-state index in [1.807, 2.05) is 11.9 Å². The van der Waals surface area contributed by atoms with Crippen LogP contribution in [0.15, 0.2) is 0 Å². The van der Waals surface area contributed by atoms with Crippen LogP contribution in [0.2, 0.25) is 0 Å². The van der Waals surface area contributed by atoms with Gasteiger partial charge in [-0.1, -0.05) is 13.8 Å². The van der Waals surface area contributed by atoms with Crippen molar-refractivity contribution in [3.63, 3.8) is 0 Å². The Labute approximate surface area is 61.6 Å². The minimum Gasteiger partial charge on any atom is -0.356 e. The highest BCUT2D eigenvalue weighted by Gasteiger charge is 2.31. The van der Waals surface area contributed by atoms with E-state index in [1.165, 1.54) is 0 Å². The van der Waals surface area contributed by atoms with Crippen molar-refractivity contribution in [2.45, 2.75) is 26.3 Å². The van der Waals surface area contributed by atoms with Crippen LogP contribution in [0.1, 0.15) is 13.8 Å². The number of hydrogen-bond donors (Lipinski definition) is 1. The molecule has 1 aliphatic heterocycles. The Balaban J connectivity index is 2.49. The van der Waals surface area contributed by atoms with E-state index in [1.54, 1.807) is 0 Å². The van der Waals surface area contributed by atoms with E-state index in [2.05, 4.69) is 13.8 Å². The highest BCUT2D eigenvalue weighted by molar-refractivity contribution is 4.75. The summed E-state index contributed by atoms with van der Waals surface area (Å²) in [5.41, 5.74) is 0. The number of rotatable bonds is 1. The van der Waals surface area contributed by atoms with E-state index in [9.17, 15) is 0 Å². The van der Waals surface area contributed by atoms with Gasteiger partial charge in [0.1, 0.15) is 0 Å². The van der Waals surface area contributed by atoms with Crippen LogP contribution in [0, 0.1) is 5.92 Å². The lowest BCUT2D eigenvalue weighted by Gasteiger charge is -2.22. The van der Waals surface area contributed by atoms with Gasteiger partial charge in [-0.05, 0) is 13.0 Å². The Morgan fingerprint density at radius 3 is 2.40 bits per heavy atom. The Hall–Kier alpha value is -0.120. The Bertz CT molecular complexity index is 116. The minimum atomic E-state index is -0.688. The molecule has 60 valence electrons. The fourth-order valence-corrected chi connectivity index (χ4v) is 1.25. The van der Waals surface area contributed by atoms with Crippen molar-refractivity contribution in [1.29, 1.82) is 0 Å². The van der Waals surface area contributed by atoms with E-state index in [0.717, 1.165) is 0 Å². The molecule has 0 aliphatic carbocycles. The second-order valence-electron chi connectivity index (χ2n) is 3.14. The first kappa shape index (κ1) is 7.98. The zero-order chi connectivity index (χ0) is 7.72. The van der Waals surface area contributed by atoms with Gasteiger partial charge in [0.15, 0.2) is 0 Å². The van der Waals surface area contributed by atoms with Gasteiger partial charge in [0.25, 0.3) is 0 Å². The maximum Gasteiger partial charge on any atom is 0.216 e. The van der Waals surface area contributed by atoms with Crippen molar-refractivity contribution in [1.82, 2.24) is 4.90 Å². The quantitative estimate of drug-likeness (QED) is 0.574. The number of aliphatic hydroxyl groups excluding tert-OH is 1. The van der Waals surface area contributed by atoms with Gasteiger partial charge in [-0.2, -0.15) is 0 Å². The normalized spacial score (nSPS) is 35.7. The summed E-state index contributed by atoms with van der Waals surface area (Å²) in [6, 6.07) is 0.370. The molecule has 0 radical (unpaired) electrons. The van der Waals surface area contributed by atoms with Crippen LogP contribution in [-0.4, -0.2) is 36.1 Å². The predicted molar refractivity (Wildman–Crippen MR) is 38.3 cm³/mol. The summed E-state index contributed by atoms with van der Waals surface area (Å²) in [6.45, 7) is 4.90. The van der Waals surface area contributed by atoms with Crippen molar-refractivity contribution in [3.8, 4) is 0 Å². The third kappa shape index (κ3) is 1.31. The van der Waals surface area contributed by atoms with Crippen molar-refractivity contribution < 1.29 is 9.84 Å². The van der Waals surface area contributed by atoms with E-state index in [0.29, 0.717) is 18.6 Å². The largest absolute Gasteiger partial charge is 0.356 e. The Morgan fingerprint density at radius 2 is 2.20 bits per heavy atom. The van der Waals surface area contributed by atoms with Crippen LogP contribution < -0.4 is 0 Å². The molecule has 0 bridgehead atoms. The molecule has 0 aromatic carbocycles. The maximum atomic E-state index is 9.12.